The molecule has 0 aliphatic carbocycles. The lowest BCUT2D eigenvalue weighted by Crippen LogP contribution is -2.55. The fourth-order valence-electron chi connectivity index (χ4n) is 2.03. The Bertz CT molecular complexity index is 487. The molecule has 0 spiro atoms. The minimum atomic E-state index is -1.44. The fourth-order valence-corrected chi connectivity index (χ4v) is 2.52. The molecule has 0 aromatic heterocycles. The summed E-state index contributed by atoms with van der Waals surface area (Å²) in [5.41, 5.74) is 10.8. The van der Waals surface area contributed by atoms with Crippen LogP contribution in [0, 0.1) is 5.92 Å². The summed E-state index contributed by atoms with van der Waals surface area (Å²) >= 11 is 1.55. The number of primary amides is 1. The van der Waals surface area contributed by atoms with E-state index in [4.69, 9.17) is 16.6 Å². The van der Waals surface area contributed by atoms with Crippen LogP contribution >= 0.6 is 11.8 Å². The summed E-state index contributed by atoms with van der Waals surface area (Å²) in [6.07, 6.45) is 2.12. The van der Waals surface area contributed by atoms with Gasteiger partial charge in [0.1, 0.15) is 12.1 Å². The zero-order valence-electron chi connectivity index (χ0n) is 14.8. The predicted molar refractivity (Wildman–Crippen MR) is 95.7 cm³/mol. The average molecular weight is 376 g/mol. The largest absolute Gasteiger partial charge is 0.480 e. The van der Waals surface area contributed by atoms with Crippen LogP contribution in [0.3, 0.4) is 0 Å². The van der Waals surface area contributed by atoms with Crippen LogP contribution in [0.25, 0.3) is 0 Å². The van der Waals surface area contributed by atoms with E-state index in [0.717, 1.165) is 0 Å². The van der Waals surface area contributed by atoms with Gasteiger partial charge in [0.05, 0.1) is 12.5 Å². The van der Waals surface area contributed by atoms with Crippen molar-refractivity contribution < 1.29 is 24.3 Å². The Kier molecular flexibility index (Phi) is 10.8. The molecular formula is C15H28N4O5S. The SMILES string of the molecule is CSCC[C@H](N)C(=O)N[C@@H](CC(C)C)C(=O)N[C@@H](CC(N)=O)C(=O)O. The van der Waals surface area contributed by atoms with E-state index in [0.29, 0.717) is 18.6 Å². The molecule has 10 heteroatoms. The molecule has 0 fully saturated rings. The normalized spacial score (nSPS) is 14.4. The van der Waals surface area contributed by atoms with Crippen LogP contribution in [0.1, 0.15) is 33.1 Å². The topological polar surface area (TPSA) is 165 Å². The van der Waals surface area contributed by atoms with Crippen LogP contribution in [0.4, 0.5) is 0 Å². The van der Waals surface area contributed by atoms with E-state index in [1.54, 1.807) is 11.8 Å². The van der Waals surface area contributed by atoms with Crippen molar-refractivity contribution in [2.24, 2.45) is 17.4 Å². The molecule has 0 saturated heterocycles. The van der Waals surface area contributed by atoms with Crippen molar-refractivity contribution in [3.05, 3.63) is 0 Å². The van der Waals surface area contributed by atoms with Gasteiger partial charge in [0, 0.05) is 0 Å². The first-order chi connectivity index (χ1) is 11.6. The van der Waals surface area contributed by atoms with Crippen molar-refractivity contribution in [3.63, 3.8) is 0 Å². The molecule has 0 unspecified atom stereocenters. The maximum Gasteiger partial charge on any atom is 0.326 e. The molecule has 0 aromatic rings. The van der Waals surface area contributed by atoms with Gasteiger partial charge in [-0.1, -0.05) is 13.8 Å². The summed E-state index contributed by atoms with van der Waals surface area (Å²) in [6.45, 7) is 3.72. The van der Waals surface area contributed by atoms with Crippen molar-refractivity contribution in [2.75, 3.05) is 12.0 Å². The highest BCUT2D eigenvalue weighted by molar-refractivity contribution is 7.98. The third kappa shape index (κ3) is 9.92. The Morgan fingerprint density at radius 3 is 2.08 bits per heavy atom. The van der Waals surface area contributed by atoms with E-state index in [2.05, 4.69) is 10.6 Å². The zero-order chi connectivity index (χ0) is 19.6. The second-order valence-corrected chi connectivity index (χ2v) is 7.13. The monoisotopic (exact) mass is 376 g/mol. The summed E-state index contributed by atoms with van der Waals surface area (Å²) in [5.74, 6) is -2.62. The molecule has 0 radical (unpaired) electrons. The lowest BCUT2D eigenvalue weighted by atomic mass is 10.0. The third-order valence-electron chi connectivity index (χ3n) is 3.33. The number of carbonyl (C=O) groups is 4. The number of rotatable bonds is 12. The van der Waals surface area contributed by atoms with E-state index < -0.39 is 48.2 Å². The first kappa shape index (κ1) is 23.2. The lowest BCUT2D eigenvalue weighted by molar-refractivity contribution is -0.143. The van der Waals surface area contributed by atoms with Gasteiger partial charge in [-0.15, -0.1) is 0 Å². The Balaban J connectivity index is 4.99. The molecular weight excluding hydrogens is 348 g/mol. The van der Waals surface area contributed by atoms with Gasteiger partial charge in [-0.3, -0.25) is 14.4 Å². The maximum absolute atomic E-state index is 12.4. The molecule has 0 aromatic carbocycles. The lowest BCUT2D eigenvalue weighted by Gasteiger charge is -2.23. The number of carboxylic acids is 1. The summed E-state index contributed by atoms with van der Waals surface area (Å²) in [4.78, 5) is 46.5. The average Bonchev–Trinajstić information content (AvgIpc) is 2.49. The molecule has 0 bridgehead atoms. The predicted octanol–water partition coefficient (Wildman–Crippen LogP) is -0.957. The highest BCUT2D eigenvalue weighted by Gasteiger charge is 2.29. The van der Waals surface area contributed by atoms with Crippen LogP contribution in [-0.4, -0.2) is 58.9 Å². The minimum Gasteiger partial charge on any atom is -0.480 e. The number of carbonyl (C=O) groups excluding carboxylic acids is 3. The molecule has 3 atom stereocenters. The summed E-state index contributed by atoms with van der Waals surface area (Å²) in [7, 11) is 0. The van der Waals surface area contributed by atoms with Gasteiger partial charge in [0.2, 0.25) is 17.7 Å². The van der Waals surface area contributed by atoms with Crippen molar-refractivity contribution in [1.82, 2.24) is 10.6 Å². The number of hydrogen-bond donors (Lipinski definition) is 5. The van der Waals surface area contributed by atoms with Gasteiger partial charge < -0.3 is 27.2 Å². The van der Waals surface area contributed by atoms with Crippen molar-refractivity contribution in [1.29, 1.82) is 0 Å². The first-order valence-electron chi connectivity index (χ1n) is 7.94. The molecule has 0 heterocycles. The van der Waals surface area contributed by atoms with Gasteiger partial charge in [-0.2, -0.15) is 11.8 Å². The minimum absolute atomic E-state index is 0.0675. The summed E-state index contributed by atoms with van der Waals surface area (Å²) in [6, 6.07) is -3.14. The Morgan fingerprint density at radius 2 is 1.64 bits per heavy atom. The zero-order valence-corrected chi connectivity index (χ0v) is 15.6. The van der Waals surface area contributed by atoms with Crippen molar-refractivity contribution >= 4 is 35.5 Å². The third-order valence-corrected chi connectivity index (χ3v) is 3.97. The molecule has 9 nitrogen and oxygen atoms in total. The number of amides is 3. The highest BCUT2D eigenvalue weighted by Crippen LogP contribution is 2.07. The summed E-state index contributed by atoms with van der Waals surface area (Å²) < 4.78 is 0. The molecule has 0 rings (SSSR count). The fraction of sp³-hybridized carbons (Fsp3) is 0.733. The van der Waals surface area contributed by atoms with E-state index in [9.17, 15) is 19.2 Å². The highest BCUT2D eigenvalue weighted by atomic mass is 32.2. The van der Waals surface area contributed by atoms with Gasteiger partial charge in [0.15, 0.2) is 0 Å². The molecule has 144 valence electrons. The van der Waals surface area contributed by atoms with E-state index in [1.807, 2.05) is 20.1 Å². The molecule has 0 aliphatic rings. The molecule has 25 heavy (non-hydrogen) atoms. The Hall–Kier alpha value is -1.81. The van der Waals surface area contributed by atoms with Crippen LogP contribution in [0.15, 0.2) is 0 Å². The van der Waals surface area contributed by atoms with Crippen LogP contribution in [-0.2, 0) is 19.2 Å². The Morgan fingerprint density at radius 1 is 1.08 bits per heavy atom. The Labute approximate surface area is 151 Å². The second-order valence-electron chi connectivity index (χ2n) is 6.15. The standard InChI is InChI=1S/C15H28N4O5S/c1-8(2)6-10(18-13(21)9(16)4-5-25-3)14(22)19-11(15(23)24)7-12(17)20/h8-11H,4-7,16H2,1-3H3,(H2,17,20)(H,18,21)(H,19,22)(H,23,24)/t9-,10-,11-/m0/s1. The van der Waals surface area contributed by atoms with Gasteiger partial charge in [-0.05, 0) is 30.8 Å². The van der Waals surface area contributed by atoms with Crippen LogP contribution in [0.5, 0.6) is 0 Å². The molecule has 0 saturated carbocycles. The van der Waals surface area contributed by atoms with Gasteiger partial charge in [0.25, 0.3) is 0 Å². The number of nitrogens with two attached hydrogens (primary N) is 2. The van der Waals surface area contributed by atoms with Crippen molar-refractivity contribution in [3.8, 4) is 0 Å². The maximum atomic E-state index is 12.4. The van der Waals surface area contributed by atoms with E-state index in [1.165, 1.54) is 0 Å². The van der Waals surface area contributed by atoms with Gasteiger partial charge >= 0.3 is 5.97 Å². The van der Waals surface area contributed by atoms with E-state index >= 15 is 0 Å². The van der Waals surface area contributed by atoms with Crippen LogP contribution in [0.2, 0.25) is 0 Å². The number of aliphatic carboxylic acids is 1. The first-order valence-corrected chi connectivity index (χ1v) is 9.34. The molecule has 3 amide bonds. The summed E-state index contributed by atoms with van der Waals surface area (Å²) in [5, 5.41) is 13.9. The number of nitrogens with one attached hydrogen (secondary N) is 2. The second kappa shape index (κ2) is 11.7. The van der Waals surface area contributed by atoms with Crippen molar-refractivity contribution in [2.45, 2.75) is 51.2 Å². The number of carboxylic acid groups (broad SMARTS) is 1. The smallest absolute Gasteiger partial charge is 0.326 e. The van der Waals surface area contributed by atoms with Gasteiger partial charge in [-0.25, -0.2) is 4.79 Å². The number of hydrogen-bond acceptors (Lipinski definition) is 6. The molecule has 7 N–H and O–H groups in total. The van der Waals surface area contributed by atoms with E-state index in [-0.39, 0.29) is 5.92 Å². The molecule has 0 aliphatic heterocycles. The number of thioether (sulfide) groups is 1. The quantitative estimate of drug-likeness (QED) is 0.293. The van der Waals surface area contributed by atoms with Crippen LogP contribution < -0.4 is 22.1 Å².